The van der Waals surface area contributed by atoms with Crippen LogP contribution in [0.4, 0.5) is 5.69 Å². The molecule has 0 aliphatic heterocycles. The third-order valence-corrected chi connectivity index (χ3v) is 4.48. The van der Waals surface area contributed by atoms with Crippen molar-refractivity contribution in [2.75, 3.05) is 12.4 Å². The molecular formula is C20H21Cl2NO3. The molecule has 0 aliphatic carbocycles. The second kappa shape index (κ2) is 9.06. The number of anilines is 1. The highest BCUT2D eigenvalue weighted by molar-refractivity contribution is 6.42. The van der Waals surface area contributed by atoms with Crippen LogP contribution in [-0.4, -0.2) is 18.8 Å². The van der Waals surface area contributed by atoms with Gasteiger partial charge in [-0.1, -0.05) is 43.1 Å². The number of amides is 1. The van der Waals surface area contributed by atoms with Crippen LogP contribution in [0.5, 0.6) is 5.75 Å². The molecule has 2 aromatic rings. The minimum Gasteiger partial charge on any atom is -0.495 e. The Kier molecular flexibility index (Phi) is 7.06. The van der Waals surface area contributed by atoms with Crippen LogP contribution in [0.15, 0.2) is 36.4 Å². The summed E-state index contributed by atoms with van der Waals surface area (Å²) in [5.41, 5.74) is 1.74. The number of methoxy groups -OCH3 is 1. The number of Topliss-reactive ketones (excluding diaryl/α,β-unsaturated/α-hetero) is 1. The lowest BCUT2D eigenvalue weighted by atomic mass is 10.0. The van der Waals surface area contributed by atoms with Gasteiger partial charge in [-0.3, -0.25) is 9.59 Å². The van der Waals surface area contributed by atoms with Gasteiger partial charge in [0.25, 0.3) is 0 Å². The largest absolute Gasteiger partial charge is 0.495 e. The third-order valence-electron chi connectivity index (χ3n) is 3.74. The van der Waals surface area contributed by atoms with Crippen LogP contribution >= 0.6 is 23.2 Å². The quantitative estimate of drug-likeness (QED) is 0.639. The molecular weight excluding hydrogens is 373 g/mol. The number of rotatable bonds is 7. The minimum absolute atomic E-state index is 0.0922. The van der Waals surface area contributed by atoms with Gasteiger partial charge in [0.15, 0.2) is 5.78 Å². The highest BCUT2D eigenvalue weighted by atomic mass is 35.5. The fourth-order valence-electron chi connectivity index (χ4n) is 2.49. The second-order valence-electron chi connectivity index (χ2n) is 6.41. The minimum atomic E-state index is -0.118. The number of benzene rings is 2. The van der Waals surface area contributed by atoms with E-state index in [4.69, 9.17) is 27.9 Å². The molecule has 0 aromatic heterocycles. The van der Waals surface area contributed by atoms with Crippen molar-refractivity contribution in [1.29, 1.82) is 0 Å². The van der Waals surface area contributed by atoms with Crippen molar-refractivity contribution in [2.24, 2.45) is 5.92 Å². The van der Waals surface area contributed by atoms with Gasteiger partial charge >= 0.3 is 0 Å². The normalized spacial score (nSPS) is 10.7. The maximum absolute atomic E-state index is 12.6. The van der Waals surface area contributed by atoms with Crippen molar-refractivity contribution in [2.45, 2.75) is 26.7 Å². The number of carbonyl (C=O) groups is 2. The SMILES string of the molecule is COc1ccc(C(=O)Cc2ccc(Cl)c(Cl)c2)cc1NC(=O)CC(C)C. The van der Waals surface area contributed by atoms with E-state index in [1.165, 1.54) is 7.11 Å². The molecule has 6 heteroatoms. The number of nitrogens with one attached hydrogen (secondary N) is 1. The Labute approximate surface area is 163 Å². The maximum atomic E-state index is 12.6. The number of halogens is 2. The molecule has 0 unspecified atom stereocenters. The van der Waals surface area contributed by atoms with Gasteiger partial charge in [-0.05, 0) is 41.8 Å². The van der Waals surface area contributed by atoms with Crippen molar-refractivity contribution in [1.82, 2.24) is 0 Å². The van der Waals surface area contributed by atoms with Crippen LogP contribution in [0.1, 0.15) is 36.2 Å². The van der Waals surface area contributed by atoms with Crippen LogP contribution < -0.4 is 10.1 Å². The summed E-state index contributed by atoms with van der Waals surface area (Å²) in [5, 5.41) is 3.67. The molecule has 2 aromatic carbocycles. The molecule has 1 N–H and O–H groups in total. The van der Waals surface area contributed by atoms with Gasteiger partial charge in [-0.15, -0.1) is 0 Å². The Morgan fingerprint density at radius 3 is 2.42 bits per heavy atom. The van der Waals surface area contributed by atoms with Gasteiger partial charge in [-0.25, -0.2) is 0 Å². The Hall–Kier alpha value is -2.04. The molecule has 138 valence electrons. The predicted octanol–water partition coefficient (Wildman–Crippen LogP) is 5.41. The van der Waals surface area contributed by atoms with E-state index in [0.717, 1.165) is 5.56 Å². The standard InChI is InChI=1S/C20H21Cl2NO3/c1-12(2)8-20(25)23-17-11-14(5-7-19(17)26-3)18(24)10-13-4-6-15(21)16(22)9-13/h4-7,9,11-12H,8,10H2,1-3H3,(H,23,25). The van der Waals surface area contributed by atoms with Crippen molar-refractivity contribution in [3.8, 4) is 5.75 Å². The zero-order valence-corrected chi connectivity index (χ0v) is 16.4. The van der Waals surface area contributed by atoms with Gasteiger partial charge in [-0.2, -0.15) is 0 Å². The summed E-state index contributed by atoms with van der Waals surface area (Å²) in [7, 11) is 1.52. The molecule has 0 radical (unpaired) electrons. The van der Waals surface area contributed by atoms with Crippen molar-refractivity contribution in [3.05, 3.63) is 57.6 Å². The Balaban J connectivity index is 2.20. The molecule has 0 aliphatic rings. The zero-order valence-electron chi connectivity index (χ0n) is 14.9. The number of ether oxygens (including phenoxy) is 1. The highest BCUT2D eigenvalue weighted by Crippen LogP contribution is 2.27. The second-order valence-corrected chi connectivity index (χ2v) is 7.22. The molecule has 0 saturated carbocycles. The topological polar surface area (TPSA) is 55.4 Å². The van der Waals surface area contributed by atoms with Crippen molar-refractivity contribution in [3.63, 3.8) is 0 Å². The predicted molar refractivity (Wildman–Crippen MR) is 106 cm³/mol. The number of hydrogen-bond donors (Lipinski definition) is 1. The van der Waals surface area contributed by atoms with Crippen LogP contribution in [0.25, 0.3) is 0 Å². The lowest BCUT2D eigenvalue weighted by Crippen LogP contribution is -2.15. The fourth-order valence-corrected chi connectivity index (χ4v) is 2.81. The summed E-state index contributed by atoms with van der Waals surface area (Å²) in [6, 6.07) is 10.1. The van der Waals surface area contributed by atoms with E-state index < -0.39 is 0 Å². The molecule has 0 bridgehead atoms. The number of hydrogen-bond acceptors (Lipinski definition) is 3. The van der Waals surface area contributed by atoms with E-state index in [1.807, 2.05) is 13.8 Å². The van der Waals surface area contributed by atoms with Crippen LogP contribution in [-0.2, 0) is 11.2 Å². The first-order chi connectivity index (χ1) is 12.3. The van der Waals surface area contributed by atoms with Gasteiger partial charge < -0.3 is 10.1 Å². The van der Waals surface area contributed by atoms with Crippen molar-refractivity contribution < 1.29 is 14.3 Å². The fraction of sp³-hybridized carbons (Fsp3) is 0.300. The lowest BCUT2D eigenvalue weighted by molar-refractivity contribution is -0.116. The first kappa shape index (κ1) is 20.3. The maximum Gasteiger partial charge on any atom is 0.224 e. The van der Waals surface area contributed by atoms with Gasteiger partial charge in [0.2, 0.25) is 5.91 Å². The molecule has 0 heterocycles. The van der Waals surface area contributed by atoms with E-state index >= 15 is 0 Å². The van der Waals surface area contributed by atoms with E-state index in [1.54, 1.807) is 36.4 Å². The Bertz CT molecular complexity index is 819. The van der Waals surface area contributed by atoms with Crippen LogP contribution in [0.2, 0.25) is 10.0 Å². The molecule has 0 saturated heterocycles. The van der Waals surface area contributed by atoms with E-state index in [0.29, 0.717) is 33.5 Å². The Morgan fingerprint density at radius 2 is 1.81 bits per heavy atom. The molecule has 0 atom stereocenters. The number of carbonyl (C=O) groups excluding carboxylic acids is 2. The van der Waals surface area contributed by atoms with E-state index in [-0.39, 0.29) is 24.0 Å². The summed E-state index contributed by atoms with van der Waals surface area (Å²) >= 11 is 11.9. The van der Waals surface area contributed by atoms with E-state index in [9.17, 15) is 9.59 Å². The Morgan fingerprint density at radius 1 is 1.08 bits per heavy atom. The molecule has 0 fully saturated rings. The first-order valence-electron chi connectivity index (χ1n) is 8.25. The summed E-state index contributed by atoms with van der Waals surface area (Å²) in [5.74, 6) is 0.534. The van der Waals surface area contributed by atoms with Gasteiger partial charge in [0.05, 0.1) is 22.8 Å². The summed E-state index contributed by atoms with van der Waals surface area (Å²) in [6.07, 6.45) is 0.577. The van der Waals surface area contributed by atoms with Crippen LogP contribution in [0, 0.1) is 5.92 Å². The highest BCUT2D eigenvalue weighted by Gasteiger charge is 2.14. The van der Waals surface area contributed by atoms with Gasteiger partial charge in [0.1, 0.15) is 5.75 Å². The molecule has 0 spiro atoms. The lowest BCUT2D eigenvalue weighted by Gasteiger charge is -2.13. The van der Waals surface area contributed by atoms with Crippen molar-refractivity contribution >= 4 is 40.6 Å². The van der Waals surface area contributed by atoms with Gasteiger partial charge in [0, 0.05) is 18.4 Å². The molecule has 2 rings (SSSR count). The summed E-state index contributed by atoms with van der Waals surface area (Å²) in [6.45, 7) is 3.93. The summed E-state index contributed by atoms with van der Waals surface area (Å²) in [4.78, 5) is 24.6. The smallest absolute Gasteiger partial charge is 0.224 e. The molecule has 1 amide bonds. The molecule has 26 heavy (non-hydrogen) atoms. The molecule has 4 nitrogen and oxygen atoms in total. The monoisotopic (exact) mass is 393 g/mol. The summed E-state index contributed by atoms with van der Waals surface area (Å²) < 4.78 is 5.27. The zero-order chi connectivity index (χ0) is 19.3. The first-order valence-corrected chi connectivity index (χ1v) is 9.00. The van der Waals surface area contributed by atoms with E-state index in [2.05, 4.69) is 5.32 Å². The van der Waals surface area contributed by atoms with Crippen LogP contribution in [0.3, 0.4) is 0 Å². The third kappa shape index (κ3) is 5.48. The number of ketones is 1. The average molecular weight is 394 g/mol. The average Bonchev–Trinajstić information content (AvgIpc) is 2.57.